The van der Waals surface area contributed by atoms with Crippen molar-refractivity contribution in [1.29, 1.82) is 0 Å². The van der Waals surface area contributed by atoms with E-state index in [1.165, 1.54) is 0 Å². The van der Waals surface area contributed by atoms with Crippen molar-refractivity contribution in [2.45, 2.75) is 24.6 Å². The second-order valence-electron chi connectivity index (χ2n) is 7.03. The van der Waals surface area contributed by atoms with E-state index in [2.05, 4.69) is 0 Å². The lowest BCUT2D eigenvalue weighted by Crippen LogP contribution is -2.59. The van der Waals surface area contributed by atoms with E-state index in [1.54, 1.807) is 0 Å². The first-order chi connectivity index (χ1) is 15.6. The molecule has 3 amide bonds. The van der Waals surface area contributed by atoms with Crippen molar-refractivity contribution in [2.75, 3.05) is 25.0 Å². The minimum Gasteiger partial charge on any atom is -0.478 e. The number of thiophene rings is 1. The summed E-state index contributed by atoms with van der Waals surface area (Å²) >= 11 is 0.762. The number of carbonyl (C=O) groups is 5. The number of nitrogens with one attached hydrogen (secondary N) is 1. The number of amides is 3. The summed E-state index contributed by atoms with van der Waals surface area (Å²) in [4.78, 5) is 59.3. The number of aromatic carboxylic acids is 1. The summed E-state index contributed by atoms with van der Waals surface area (Å²) in [6.45, 7) is -3.17. The highest BCUT2D eigenvalue weighted by atomic mass is 32.2. The van der Waals surface area contributed by atoms with Crippen molar-refractivity contribution >= 4 is 56.0 Å². The van der Waals surface area contributed by atoms with Crippen molar-refractivity contribution in [3.05, 3.63) is 16.0 Å². The lowest BCUT2D eigenvalue weighted by atomic mass is 10.0. The van der Waals surface area contributed by atoms with Crippen molar-refractivity contribution in [3.63, 3.8) is 0 Å². The first-order valence-electron chi connectivity index (χ1n) is 9.06. The molecule has 0 radical (unpaired) electrons. The molecule has 0 aliphatic carbocycles. The normalized spacial score (nSPS) is 19.6. The molecule has 3 rings (SSSR count). The van der Waals surface area contributed by atoms with Crippen LogP contribution in [0.15, 0.2) is 0 Å². The third-order valence-corrected chi connectivity index (χ3v) is 7.50. The van der Waals surface area contributed by atoms with Gasteiger partial charge >= 0.3 is 33.4 Å². The molecule has 1 unspecified atom stereocenters. The highest BCUT2D eigenvalue weighted by Gasteiger charge is 2.53. The fourth-order valence-corrected chi connectivity index (χ4v) is 5.30. The number of ether oxygens (including phenoxy) is 1. The van der Waals surface area contributed by atoms with Crippen LogP contribution in [0.1, 0.15) is 20.8 Å². The molecule has 1 atom stereocenters. The van der Waals surface area contributed by atoms with E-state index in [1.807, 2.05) is 5.32 Å². The monoisotopic (exact) mass is 529 g/mol. The summed E-state index contributed by atoms with van der Waals surface area (Å²) in [6.07, 6.45) is -1.19. The topological polar surface area (TPSA) is 188 Å². The van der Waals surface area contributed by atoms with Crippen molar-refractivity contribution < 1.29 is 60.5 Å². The zero-order chi connectivity index (χ0) is 25.6. The number of hydrogen-bond acceptors (Lipinski definition) is 9. The van der Waals surface area contributed by atoms with Crippen LogP contribution in [-0.2, 0) is 47.0 Å². The first-order valence-corrected chi connectivity index (χ1v) is 11.3. The van der Waals surface area contributed by atoms with Crippen LogP contribution in [-0.4, -0.2) is 88.7 Å². The molecule has 13 nitrogen and oxygen atoms in total. The Morgan fingerprint density at radius 2 is 1.74 bits per heavy atom. The molecule has 0 saturated carbocycles. The Balaban J connectivity index is 1.77. The number of aliphatic carboxylic acids is 1. The number of carboxylic acid groups (broad SMARTS) is 2. The summed E-state index contributed by atoms with van der Waals surface area (Å²) in [5, 5.41) is 19.9. The maximum atomic E-state index is 12.7. The van der Waals surface area contributed by atoms with Gasteiger partial charge in [0.15, 0.2) is 0 Å². The zero-order valence-electron chi connectivity index (χ0n) is 16.6. The fourth-order valence-electron chi connectivity index (χ4n) is 3.30. The molecule has 2 aliphatic rings. The van der Waals surface area contributed by atoms with Crippen LogP contribution in [0.25, 0.3) is 0 Å². The van der Waals surface area contributed by atoms with Crippen LogP contribution in [0.3, 0.4) is 0 Å². The number of sulfonamides is 1. The van der Waals surface area contributed by atoms with Gasteiger partial charge in [0, 0.05) is 11.3 Å². The molecular formula is C16H14F3N3O10S2. The number of alkyl halides is 3. The second-order valence-corrected chi connectivity index (χ2v) is 10.1. The van der Waals surface area contributed by atoms with Crippen LogP contribution in [0.4, 0.5) is 18.2 Å². The van der Waals surface area contributed by atoms with E-state index < -0.39 is 76.5 Å². The number of rotatable bonds is 5. The van der Waals surface area contributed by atoms with Gasteiger partial charge in [0.05, 0.1) is 37.9 Å². The highest BCUT2D eigenvalue weighted by molar-refractivity contribution is 7.90. The predicted octanol–water partition coefficient (Wildman–Crippen LogP) is -0.569. The van der Waals surface area contributed by atoms with Crippen molar-refractivity contribution in [2.24, 2.45) is 0 Å². The van der Waals surface area contributed by atoms with Crippen molar-refractivity contribution in [3.8, 4) is 0 Å². The highest BCUT2D eigenvalue weighted by Crippen LogP contribution is 2.38. The molecule has 34 heavy (non-hydrogen) atoms. The van der Waals surface area contributed by atoms with Gasteiger partial charge in [-0.3, -0.25) is 19.3 Å². The summed E-state index contributed by atoms with van der Waals surface area (Å²) in [5.74, 6) is -7.26. The number of nitrogens with zero attached hydrogens (tertiary/aromatic N) is 2. The first kappa shape index (κ1) is 25.5. The summed E-state index contributed by atoms with van der Waals surface area (Å²) in [6, 6.07) is 0. The Morgan fingerprint density at radius 3 is 2.24 bits per heavy atom. The van der Waals surface area contributed by atoms with E-state index in [0.717, 1.165) is 11.3 Å². The van der Waals surface area contributed by atoms with Gasteiger partial charge in [-0.15, -0.1) is 11.3 Å². The molecule has 1 fully saturated rings. The maximum absolute atomic E-state index is 12.7. The van der Waals surface area contributed by atoms with Crippen LogP contribution in [0.5, 0.6) is 0 Å². The molecule has 1 aromatic rings. The Kier molecular flexibility index (Phi) is 6.71. The average molecular weight is 529 g/mol. The fraction of sp³-hybridized carbons (Fsp3) is 0.438. The number of imide groups is 1. The molecule has 2 aliphatic heterocycles. The molecule has 0 spiro atoms. The number of halogens is 3. The summed E-state index contributed by atoms with van der Waals surface area (Å²) in [7, 11) is -5.90. The second kappa shape index (κ2) is 8.93. The van der Waals surface area contributed by atoms with Gasteiger partial charge in [-0.25, -0.2) is 18.0 Å². The number of hydrogen-bond donors (Lipinski definition) is 3. The van der Waals surface area contributed by atoms with E-state index in [9.17, 15) is 50.7 Å². The van der Waals surface area contributed by atoms with Crippen molar-refractivity contribution in [1.82, 2.24) is 9.21 Å². The standard InChI is InChI=1S/C16H14F3N3O10S2/c17-16(18,19)34(30,31)21-3-9(23)22(10(24)4-21)2-6-1-7-8(5-32-6)33-13(11(7)14(26)27)20-12(25)15(28)29/h6H,1-5H2,(H,20,25)(H,26,27)(H,28,29). The molecule has 18 heteroatoms. The molecule has 3 heterocycles. The minimum absolute atomic E-state index is 0.160. The van der Waals surface area contributed by atoms with Crippen LogP contribution < -0.4 is 5.32 Å². The van der Waals surface area contributed by atoms with Gasteiger partial charge in [-0.2, -0.15) is 17.5 Å². The predicted molar refractivity (Wildman–Crippen MR) is 103 cm³/mol. The van der Waals surface area contributed by atoms with Gasteiger partial charge in [-0.05, 0) is 5.56 Å². The Morgan fingerprint density at radius 1 is 1.15 bits per heavy atom. The number of anilines is 1. The molecular weight excluding hydrogens is 515 g/mol. The Labute approximate surface area is 191 Å². The number of carbonyl (C=O) groups excluding carboxylic acids is 3. The third kappa shape index (κ3) is 4.74. The third-order valence-electron chi connectivity index (χ3n) is 4.85. The molecule has 186 valence electrons. The van der Waals surface area contributed by atoms with Crippen LogP contribution in [0.2, 0.25) is 0 Å². The SMILES string of the molecule is O=C(O)C(=O)Nc1sc2c(c1C(=O)O)CC(CN1C(=O)CN(S(=O)(=O)C(F)(F)F)CC1=O)OC2. The Bertz CT molecular complexity index is 1180. The van der Waals surface area contributed by atoms with Gasteiger partial charge < -0.3 is 20.3 Å². The lowest BCUT2D eigenvalue weighted by molar-refractivity contribution is -0.152. The van der Waals surface area contributed by atoms with Gasteiger partial charge in [0.25, 0.3) is 0 Å². The molecule has 0 aromatic carbocycles. The largest absolute Gasteiger partial charge is 0.511 e. The maximum Gasteiger partial charge on any atom is 0.511 e. The van der Waals surface area contributed by atoms with Gasteiger partial charge in [0.2, 0.25) is 11.8 Å². The quantitative estimate of drug-likeness (QED) is 0.329. The van der Waals surface area contributed by atoms with Crippen LogP contribution in [0, 0.1) is 0 Å². The van der Waals surface area contributed by atoms with Gasteiger partial charge in [0.1, 0.15) is 5.00 Å². The van der Waals surface area contributed by atoms with E-state index in [-0.39, 0.29) is 27.9 Å². The Hall–Kier alpha value is -3.09. The van der Waals surface area contributed by atoms with E-state index in [0.29, 0.717) is 9.78 Å². The zero-order valence-corrected chi connectivity index (χ0v) is 18.3. The molecule has 3 N–H and O–H groups in total. The number of carboxylic acids is 2. The number of piperazine rings is 1. The minimum atomic E-state index is -5.90. The van der Waals surface area contributed by atoms with E-state index in [4.69, 9.17) is 9.84 Å². The van der Waals surface area contributed by atoms with Gasteiger partial charge in [-0.1, -0.05) is 0 Å². The van der Waals surface area contributed by atoms with E-state index >= 15 is 0 Å². The van der Waals surface area contributed by atoms with Crippen LogP contribution >= 0.6 is 11.3 Å². The average Bonchev–Trinajstić information content (AvgIpc) is 3.06. The number of fused-ring (bicyclic) bond motifs is 1. The summed E-state index contributed by atoms with van der Waals surface area (Å²) in [5.41, 5.74) is -5.94. The molecule has 1 aromatic heterocycles. The molecule has 1 saturated heterocycles. The summed E-state index contributed by atoms with van der Waals surface area (Å²) < 4.78 is 66.3. The smallest absolute Gasteiger partial charge is 0.478 e. The lowest BCUT2D eigenvalue weighted by Gasteiger charge is -2.35. The molecule has 0 bridgehead atoms.